The van der Waals surface area contributed by atoms with Crippen LogP contribution in [0.2, 0.25) is 5.02 Å². The van der Waals surface area contributed by atoms with Crippen molar-refractivity contribution in [3.05, 3.63) is 23.2 Å². The first-order valence-corrected chi connectivity index (χ1v) is 5.03. The van der Waals surface area contributed by atoms with Gasteiger partial charge in [0.1, 0.15) is 0 Å². The highest BCUT2D eigenvalue weighted by molar-refractivity contribution is 6.31. The first kappa shape index (κ1) is 9.62. The van der Waals surface area contributed by atoms with Crippen LogP contribution < -0.4 is 11.1 Å². The molecule has 1 aromatic rings. The monoisotopic (exact) mass is 212 g/mol. The van der Waals surface area contributed by atoms with Gasteiger partial charge in [-0.1, -0.05) is 11.6 Å². The Balaban J connectivity index is 2.08. The lowest BCUT2D eigenvalue weighted by Crippen LogP contribution is -2.19. The van der Waals surface area contributed by atoms with Crippen LogP contribution in [0.4, 0.5) is 11.4 Å². The number of nitrogens with two attached hydrogens (primary N) is 1. The van der Waals surface area contributed by atoms with Crippen LogP contribution in [-0.2, 0) is 4.74 Å². The van der Waals surface area contributed by atoms with Gasteiger partial charge in [0, 0.05) is 11.6 Å². The Kier molecular flexibility index (Phi) is 2.79. The maximum atomic E-state index is 5.81. The first-order valence-electron chi connectivity index (χ1n) is 4.65. The summed E-state index contributed by atoms with van der Waals surface area (Å²) in [6, 6.07) is 5.85. The molecule has 3 N–H and O–H groups in total. The van der Waals surface area contributed by atoms with Gasteiger partial charge in [-0.3, -0.25) is 0 Å². The van der Waals surface area contributed by atoms with Crippen molar-refractivity contribution in [1.82, 2.24) is 0 Å². The van der Waals surface area contributed by atoms with E-state index in [1.54, 1.807) is 6.07 Å². The Hall–Kier alpha value is -0.930. The molecule has 76 valence electrons. The van der Waals surface area contributed by atoms with Crippen molar-refractivity contribution in [3.63, 3.8) is 0 Å². The molecule has 1 unspecified atom stereocenters. The zero-order valence-corrected chi connectivity index (χ0v) is 8.55. The highest BCUT2D eigenvalue weighted by Gasteiger charge is 2.15. The van der Waals surface area contributed by atoms with Gasteiger partial charge in [0.15, 0.2) is 0 Å². The molecule has 1 aliphatic rings. The number of rotatable bonds is 2. The van der Waals surface area contributed by atoms with Crippen molar-refractivity contribution in [2.75, 3.05) is 24.3 Å². The van der Waals surface area contributed by atoms with E-state index in [0.717, 1.165) is 25.3 Å². The molecule has 1 heterocycles. The Morgan fingerprint density at radius 3 is 3.00 bits per heavy atom. The average molecular weight is 213 g/mol. The molecule has 0 radical (unpaired) electrons. The summed E-state index contributed by atoms with van der Waals surface area (Å²) in [6.07, 6.45) is 1.03. The first-order chi connectivity index (χ1) is 6.75. The van der Waals surface area contributed by atoms with Crippen LogP contribution in [0.1, 0.15) is 6.42 Å². The number of halogens is 1. The summed E-state index contributed by atoms with van der Waals surface area (Å²) < 4.78 is 5.26. The molecule has 2 rings (SSSR count). The summed E-state index contributed by atoms with van der Waals surface area (Å²) in [5.74, 6) is 0. The summed E-state index contributed by atoms with van der Waals surface area (Å²) >= 11 is 5.80. The van der Waals surface area contributed by atoms with Crippen LogP contribution in [0.5, 0.6) is 0 Å². The molecule has 1 aliphatic heterocycles. The third-order valence-electron chi connectivity index (χ3n) is 2.30. The summed E-state index contributed by atoms with van der Waals surface area (Å²) in [5, 5.41) is 3.99. The maximum absolute atomic E-state index is 5.81. The molecule has 0 spiro atoms. The Labute approximate surface area is 88.2 Å². The number of nitrogen functional groups attached to an aromatic ring is 1. The minimum atomic E-state index is 0.374. The van der Waals surface area contributed by atoms with Gasteiger partial charge in [-0.25, -0.2) is 0 Å². The third-order valence-corrected chi connectivity index (χ3v) is 2.54. The van der Waals surface area contributed by atoms with E-state index in [9.17, 15) is 0 Å². The van der Waals surface area contributed by atoms with E-state index in [1.165, 1.54) is 0 Å². The van der Waals surface area contributed by atoms with Crippen molar-refractivity contribution in [1.29, 1.82) is 0 Å². The zero-order chi connectivity index (χ0) is 9.97. The molecule has 0 aromatic heterocycles. The largest absolute Gasteiger partial charge is 0.397 e. The van der Waals surface area contributed by atoms with Crippen molar-refractivity contribution >= 4 is 23.0 Å². The van der Waals surface area contributed by atoms with Crippen LogP contribution in [-0.4, -0.2) is 19.3 Å². The topological polar surface area (TPSA) is 47.3 Å². The van der Waals surface area contributed by atoms with Gasteiger partial charge in [0.25, 0.3) is 0 Å². The molecule has 3 nitrogen and oxygen atoms in total. The average Bonchev–Trinajstić information content (AvgIpc) is 2.62. The highest BCUT2D eigenvalue weighted by Crippen LogP contribution is 2.24. The van der Waals surface area contributed by atoms with E-state index in [4.69, 9.17) is 22.1 Å². The number of nitrogens with one attached hydrogen (secondary N) is 1. The molecular formula is C10H13ClN2O. The molecule has 0 amide bonds. The van der Waals surface area contributed by atoms with Gasteiger partial charge in [0.05, 0.1) is 24.0 Å². The molecule has 0 saturated carbocycles. The second-order valence-corrected chi connectivity index (χ2v) is 3.87. The minimum Gasteiger partial charge on any atom is -0.397 e. The Morgan fingerprint density at radius 1 is 1.50 bits per heavy atom. The zero-order valence-electron chi connectivity index (χ0n) is 7.79. The number of hydrogen-bond donors (Lipinski definition) is 2. The second-order valence-electron chi connectivity index (χ2n) is 3.44. The lowest BCUT2D eigenvalue weighted by atomic mass is 10.2. The van der Waals surface area contributed by atoms with Crippen LogP contribution in [0, 0.1) is 0 Å². The van der Waals surface area contributed by atoms with Crippen LogP contribution >= 0.6 is 11.6 Å². The third kappa shape index (κ3) is 2.11. The lowest BCUT2D eigenvalue weighted by molar-refractivity contribution is 0.195. The van der Waals surface area contributed by atoms with E-state index >= 15 is 0 Å². The fourth-order valence-corrected chi connectivity index (χ4v) is 1.71. The predicted octanol–water partition coefficient (Wildman–Crippen LogP) is 2.12. The van der Waals surface area contributed by atoms with Gasteiger partial charge in [-0.05, 0) is 24.6 Å². The smallest absolute Gasteiger partial charge is 0.0668 e. The van der Waals surface area contributed by atoms with Crippen LogP contribution in [0.15, 0.2) is 18.2 Å². The molecule has 14 heavy (non-hydrogen) atoms. The van der Waals surface area contributed by atoms with Gasteiger partial charge in [0.2, 0.25) is 0 Å². The van der Waals surface area contributed by atoms with E-state index in [-0.39, 0.29) is 0 Å². The fraction of sp³-hybridized carbons (Fsp3) is 0.400. The van der Waals surface area contributed by atoms with Gasteiger partial charge in [-0.2, -0.15) is 0 Å². The fourth-order valence-electron chi connectivity index (χ4n) is 1.53. The van der Waals surface area contributed by atoms with E-state index in [2.05, 4.69) is 5.32 Å². The number of benzene rings is 1. The quantitative estimate of drug-likeness (QED) is 0.739. The molecule has 1 saturated heterocycles. The standard InChI is InChI=1S/C10H13ClN2O/c11-7-1-2-10(9(12)5-7)13-8-3-4-14-6-8/h1-2,5,8,13H,3-4,6,12H2. The van der Waals surface area contributed by atoms with E-state index in [0.29, 0.717) is 16.8 Å². The van der Waals surface area contributed by atoms with E-state index < -0.39 is 0 Å². The molecule has 1 aromatic carbocycles. The normalized spacial score (nSPS) is 21.1. The van der Waals surface area contributed by atoms with Gasteiger partial charge in [-0.15, -0.1) is 0 Å². The number of anilines is 2. The van der Waals surface area contributed by atoms with E-state index in [1.807, 2.05) is 12.1 Å². The second kappa shape index (κ2) is 4.07. The van der Waals surface area contributed by atoms with Crippen molar-refractivity contribution in [2.45, 2.75) is 12.5 Å². The molecular weight excluding hydrogens is 200 g/mol. The summed E-state index contributed by atoms with van der Waals surface area (Å²) in [4.78, 5) is 0. The number of hydrogen-bond acceptors (Lipinski definition) is 3. The van der Waals surface area contributed by atoms with Crippen LogP contribution in [0.25, 0.3) is 0 Å². The molecule has 0 bridgehead atoms. The van der Waals surface area contributed by atoms with Crippen LogP contribution in [0.3, 0.4) is 0 Å². The summed E-state index contributed by atoms with van der Waals surface area (Å²) in [7, 11) is 0. The highest BCUT2D eigenvalue weighted by atomic mass is 35.5. The molecule has 1 atom stereocenters. The van der Waals surface area contributed by atoms with Crippen molar-refractivity contribution in [3.8, 4) is 0 Å². The molecule has 1 fully saturated rings. The predicted molar refractivity (Wildman–Crippen MR) is 58.7 cm³/mol. The Morgan fingerprint density at radius 2 is 2.36 bits per heavy atom. The molecule has 4 heteroatoms. The summed E-state index contributed by atoms with van der Waals surface area (Å²) in [6.45, 7) is 1.58. The Bertz CT molecular complexity index is 324. The molecule has 0 aliphatic carbocycles. The lowest BCUT2D eigenvalue weighted by Gasteiger charge is -2.14. The van der Waals surface area contributed by atoms with Crippen molar-refractivity contribution in [2.24, 2.45) is 0 Å². The van der Waals surface area contributed by atoms with Crippen molar-refractivity contribution < 1.29 is 4.74 Å². The number of ether oxygens (including phenoxy) is 1. The summed E-state index contributed by atoms with van der Waals surface area (Å²) in [5.41, 5.74) is 7.43. The SMILES string of the molecule is Nc1cc(Cl)ccc1NC1CCOC1. The van der Waals surface area contributed by atoms with Gasteiger partial charge >= 0.3 is 0 Å². The minimum absolute atomic E-state index is 0.374. The van der Waals surface area contributed by atoms with Gasteiger partial charge < -0.3 is 15.8 Å². The maximum Gasteiger partial charge on any atom is 0.0668 e.